The molecular formula is C19H22N2O4. The van der Waals surface area contributed by atoms with Gasteiger partial charge < -0.3 is 20.1 Å². The van der Waals surface area contributed by atoms with Crippen LogP contribution in [0.3, 0.4) is 0 Å². The first-order valence-electron chi connectivity index (χ1n) is 7.92. The van der Waals surface area contributed by atoms with Crippen LogP contribution in [0.2, 0.25) is 0 Å². The van der Waals surface area contributed by atoms with Gasteiger partial charge in [0.2, 0.25) is 0 Å². The minimum atomic E-state index is -0.272. The van der Waals surface area contributed by atoms with Crippen LogP contribution in [0.5, 0.6) is 11.5 Å². The molecule has 6 heteroatoms. The van der Waals surface area contributed by atoms with Gasteiger partial charge in [-0.2, -0.15) is 0 Å². The van der Waals surface area contributed by atoms with Crippen LogP contribution in [-0.4, -0.2) is 32.1 Å². The van der Waals surface area contributed by atoms with Crippen molar-refractivity contribution in [3.63, 3.8) is 0 Å². The Morgan fingerprint density at radius 2 is 1.56 bits per heavy atom. The molecule has 0 bridgehead atoms. The molecule has 0 unspecified atom stereocenters. The number of ether oxygens (including phenoxy) is 2. The standard InChI is InChI=1S/C19H22N2O4/c1-13-6-4-7-14(2)19(13)25-12-18(23)21-15-8-5-9-16(10-15)24-11-17(22)20-3/h4-10H,11-12H2,1-3H3,(H,20,22)(H,21,23). The van der Waals surface area contributed by atoms with E-state index >= 15 is 0 Å². The van der Waals surface area contributed by atoms with E-state index in [1.54, 1.807) is 31.3 Å². The molecule has 0 aliphatic carbocycles. The van der Waals surface area contributed by atoms with E-state index in [0.29, 0.717) is 11.4 Å². The number of likely N-dealkylation sites (N-methyl/N-ethyl adjacent to an activating group) is 1. The zero-order valence-electron chi connectivity index (χ0n) is 14.6. The minimum absolute atomic E-state index is 0.0798. The number of benzene rings is 2. The summed E-state index contributed by atoms with van der Waals surface area (Å²) in [7, 11) is 1.54. The number of anilines is 1. The number of para-hydroxylation sites is 1. The Morgan fingerprint density at radius 3 is 2.24 bits per heavy atom. The Bertz CT molecular complexity index is 739. The summed E-state index contributed by atoms with van der Waals surface area (Å²) >= 11 is 0. The number of carbonyl (C=O) groups excluding carboxylic acids is 2. The monoisotopic (exact) mass is 342 g/mol. The van der Waals surface area contributed by atoms with Crippen LogP contribution in [0, 0.1) is 13.8 Å². The van der Waals surface area contributed by atoms with E-state index in [9.17, 15) is 9.59 Å². The predicted molar refractivity (Wildman–Crippen MR) is 96.0 cm³/mol. The summed E-state index contributed by atoms with van der Waals surface area (Å²) in [5.74, 6) is 0.722. The summed E-state index contributed by atoms with van der Waals surface area (Å²) in [5.41, 5.74) is 2.54. The maximum absolute atomic E-state index is 12.1. The molecule has 6 nitrogen and oxygen atoms in total. The summed E-state index contributed by atoms with van der Waals surface area (Å²) in [4.78, 5) is 23.3. The summed E-state index contributed by atoms with van der Waals surface area (Å²) in [5, 5.41) is 5.22. The molecule has 2 aromatic rings. The molecule has 0 aliphatic heterocycles. The highest BCUT2D eigenvalue weighted by molar-refractivity contribution is 5.92. The number of nitrogens with one attached hydrogen (secondary N) is 2. The van der Waals surface area contributed by atoms with Gasteiger partial charge in [0.15, 0.2) is 13.2 Å². The van der Waals surface area contributed by atoms with E-state index in [4.69, 9.17) is 9.47 Å². The zero-order valence-corrected chi connectivity index (χ0v) is 14.6. The molecule has 2 amide bonds. The molecule has 0 heterocycles. The van der Waals surface area contributed by atoms with E-state index in [-0.39, 0.29) is 25.0 Å². The largest absolute Gasteiger partial charge is 0.484 e. The number of amides is 2. The van der Waals surface area contributed by atoms with E-state index in [0.717, 1.165) is 16.9 Å². The minimum Gasteiger partial charge on any atom is -0.484 e. The van der Waals surface area contributed by atoms with Crippen molar-refractivity contribution in [3.8, 4) is 11.5 Å². The zero-order chi connectivity index (χ0) is 18.2. The summed E-state index contributed by atoms with van der Waals surface area (Å²) in [6.45, 7) is 3.71. The van der Waals surface area contributed by atoms with Crippen LogP contribution in [0.4, 0.5) is 5.69 Å². The number of rotatable bonds is 7. The third-order valence-electron chi connectivity index (χ3n) is 3.52. The Labute approximate surface area is 147 Å². The van der Waals surface area contributed by atoms with E-state index in [1.165, 1.54) is 0 Å². The number of aryl methyl sites for hydroxylation is 2. The van der Waals surface area contributed by atoms with Crippen molar-refractivity contribution in [3.05, 3.63) is 53.6 Å². The van der Waals surface area contributed by atoms with Crippen LogP contribution in [-0.2, 0) is 9.59 Å². The van der Waals surface area contributed by atoms with Crippen LogP contribution in [0.1, 0.15) is 11.1 Å². The first kappa shape index (κ1) is 18.3. The van der Waals surface area contributed by atoms with Gasteiger partial charge in [-0.25, -0.2) is 0 Å². The second kappa shape index (κ2) is 8.73. The second-order valence-electron chi connectivity index (χ2n) is 5.55. The molecule has 0 aliphatic rings. The molecule has 2 N–H and O–H groups in total. The van der Waals surface area contributed by atoms with Gasteiger partial charge in [-0.05, 0) is 37.1 Å². The molecule has 0 aromatic heterocycles. The SMILES string of the molecule is CNC(=O)COc1cccc(NC(=O)COc2c(C)cccc2C)c1. The maximum Gasteiger partial charge on any atom is 0.262 e. The molecule has 0 radical (unpaired) electrons. The van der Waals surface area contributed by atoms with Gasteiger partial charge in [0.25, 0.3) is 11.8 Å². The Kier molecular flexibility index (Phi) is 6.39. The molecule has 2 rings (SSSR count). The third kappa shape index (κ3) is 5.53. The molecule has 0 atom stereocenters. The summed E-state index contributed by atoms with van der Waals surface area (Å²) in [6.07, 6.45) is 0. The molecule has 25 heavy (non-hydrogen) atoms. The lowest BCUT2D eigenvalue weighted by Crippen LogP contribution is -2.24. The van der Waals surface area contributed by atoms with Gasteiger partial charge in [-0.1, -0.05) is 24.3 Å². The van der Waals surface area contributed by atoms with Gasteiger partial charge in [-0.3, -0.25) is 9.59 Å². The quantitative estimate of drug-likeness (QED) is 0.810. The number of carbonyl (C=O) groups is 2. The Morgan fingerprint density at radius 1 is 0.920 bits per heavy atom. The summed E-state index contributed by atoms with van der Waals surface area (Å²) < 4.78 is 11.0. The average Bonchev–Trinajstić information content (AvgIpc) is 2.59. The fourth-order valence-electron chi connectivity index (χ4n) is 2.25. The third-order valence-corrected chi connectivity index (χ3v) is 3.52. The lowest BCUT2D eigenvalue weighted by atomic mass is 10.1. The fourth-order valence-corrected chi connectivity index (χ4v) is 2.25. The van der Waals surface area contributed by atoms with Crippen LogP contribution < -0.4 is 20.1 Å². The van der Waals surface area contributed by atoms with Gasteiger partial charge in [-0.15, -0.1) is 0 Å². The van der Waals surface area contributed by atoms with Crippen molar-refractivity contribution >= 4 is 17.5 Å². The smallest absolute Gasteiger partial charge is 0.262 e. The van der Waals surface area contributed by atoms with Gasteiger partial charge in [0.1, 0.15) is 11.5 Å². The molecule has 132 valence electrons. The molecule has 0 saturated carbocycles. The highest BCUT2D eigenvalue weighted by atomic mass is 16.5. The lowest BCUT2D eigenvalue weighted by Gasteiger charge is -2.12. The normalized spacial score (nSPS) is 10.0. The molecule has 0 fully saturated rings. The van der Waals surface area contributed by atoms with Crippen molar-refractivity contribution < 1.29 is 19.1 Å². The summed E-state index contributed by atoms with van der Waals surface area (Å²) in [6, 6.07) is 12.7. The van der Waals surface area contributed by atoms with E-state index < -0.39 is 0 Å². The molecular weight excluding hydrogens is 320 g/mol. The first-order valence-corrected chi connectivity index (χ1v) is 7.92. The average molecular weight is 342 g/mol. The van der Waals surface area contributed by atoms with Crippen molar-refractivity contribution in [2.45, 2.75) is 13.8 Å². The first-order chi connectivity index (χ1) is 12.0. The predicted octanol–water partition coefficient (Wildman–Crippen LogP) is 2.45. The molecule has 0 saturated heterocycles. The van der Waals surface area contributed by atoms with Crippen molar-refractivity contribution in [1.82, 2.24) is 5.32 Å². The molecule has 0 spiro atoms. The Balaban J connectivity index is 1.91. The van der Waals surface area contributed by atoms with Crippen LogP contribution in [0.15, 0.2) is 42.5 Å². The fraction of sp³-hybridized carbons (Fsp3) is 0.263. The molecule has 2 aromatic carbocycles. The van der Waals surface area contributed by atoms with Crippen molar-refractivity contribution in [1.29, 1.82) is 0 Å². The van der Waals surface area contributed by atoms with Crippen molar-refractivity contribution in [2.24, 2.45) is 0 Å². The highest BCUT2D eigenvalue weighted by Gasteiger charge is 2.08. The van der Waals surface area contributed by atoms with Crippen LogP contribution in [0.25, 0.3) is 0 Å². The Hall–Kier alpha value is -3.02. The lowest BCUT2D eigenvalue weighted by molar-refractivity contribution is -0.122. The topological polar surface area (TPSA) is 76.7 Å². The number of hydrogen-bond acceptors (Lipinski definition) is 4. The van der Waals surface area contributed by atoms with E-state index in [1.807, 2.05) is 32.0 Å². The number of hydrogen-bond donors (Lipinski definition) is 2. The van der Waals surface area contributed by atoms with Crippen molar-refractivity contribution in [2.75, 3.05) is 25.6 Å². The highest BCUT2D eigenvalue weighted by Crippen LogP contribution is 2.22. The van der Waals surface area contributed by atoms with Gasteiger partial charge >= 0.3 is 0 Å². The second-order valence-corrected chi connectivity index (χ2v) is 5.55. The van der Waals surface area contributed by atoms with Gasteiger partial charge in [0, 0.05) is 18.8 Å². The maximum atomic E-state index is 12.1. The van der Waals surface area contributed by atoms with E-state index in [2.05, 4.69) is 10.6 Å². The van der Waals surface area contributed by atoms with Crippen LogP contribution >= 0.6 is 0 Å². The van der Waals surface area contributed by atoms with Gasteiger partial charge in [0.05, 0.1) is 0 Å².